The van der Waals surface area contributed by atoms with Crippen molar-refractivity contribution in [3.05, 3.63) is 35.4 Å². The molecule has 4 nitrogen and oxygen atoms in total. The van der Waals surface area contributed by atoms with Crippen molar-refractivity contribution in [3.8, 4) is 0 Å². The summed E-state index contributed by atoms with van der Waals surface area (Å²) in [6.07, 6.45) is 55.9. The molecule has 4 heteroatoms. The van der Waals surface area contributed by atoms with Gasteiger partial charge in [0.1, 0.15) is 0 Å². The van der Waals surface area contributed by atoms with E-state index < -0.39 is 11.9 Å². The van der Waals surface area contributed by atoms with Crippen LogP contribution in [0.5, 0.6) is 0 Å². The van der Waals surface area contributed by atoms with Gasteiger partial charge in [-0.1, -0.05) is 311 Å². The Balaban J connectivity index is 2.52. The molecule has 1 aromatic carbocycles. The third-order valence-electron chi connectivity index (χ3n) is 15.3. The van der Waals surface area contributed by atoms with E-state index in [1.807, 2.05) is 12.1 Å². The number of benzene rings is 1. The minimum absolute atomic E-state index is 0.326. The molecule has 0 aliphatic carbocycles. The van der Waals surface area contributed by atoms with Crippen LogP contribution >= 0.6 is 0 Å². The largest absolute Gasteiger partial charge is 0.462 e. The predicted octanol–water partition coefficient (Wildman–Crippen LogP) is 21.0. The maximum Gasteiger partial charge on any atom is 0.339 e. The summed E-state index contributed by atoms with van der Waals surface area (Å²) in [6.45, 7) is 14.8. The third-order valence-corrected chi connectivity index (χ3v) is 15.3. The average Bonchev–Trinajstić information content (AvgIpc) is 3.33. The van der Waals surface area contributed by atoms with E-state index in [-0.39, 0.29) is 0 Å². The van der Waals surface area contributed by atoms with Gasteiger partial charge in [0, 0.05) is 0 Å². The first-order chi connectivity index (χ1) is 32.4. The van der Waals surface area contributed by atoms with Gasteiger partial charge < -0.3 is 9.47 Å². The van der Waals surface area contributed by atoms with Gasteiger partial charge in [-0.25, -0.2) is 9.59 Å². The van der Waals surface area contributed by atoms with Gasteiger partial charge in [0.25, 0.3) is 0 Å². The van der Waals surface area contributed by atoms with E-state index in [0.29, 0.717) is 24.3 Å². The highest BCUT2D eigenvalue weighted by molar-refractivity contribution is 6.03. The van der Waals surface area contributed by atoms with Crippen LogP contribution in [0.15, 0.2) is 24.3 Å². The highest BCUT2D eigenvalue weighted by atomic mass is 16.5. The van der Waals surface area contributed by atoms with Crippen LogP contribution in [0.1, 0.15) is 332 Å². The summed E-state index contributed by atoms with van der Waals surface area (Å²) in [5.74, 6) is 2.60. The van der Waals surface area contributed by atoms with E-state index in [0.717, 1.165) is 49.4 Å². The number of hydrogen-bond acceptors (Lipinski definition) is 4. The molecule has 1 aromatic rings. The first-order valence-corrected chi connectivity index (χ1v) is 29.9. The Bertz CT molecular complexity index is 1100. The molecule has 4 unspecified atom stereocenters. The van der Waals surface area contributed by atoms with Crippen LogP contribution < -0.4 is 0 Å². The Labute approximate surface area is 412 Å². The van der Waals surface area contributed by atoms with Crippen molar-refractivity contribution >= 4 is 11.9 Å². The van der Waals surface area contributed by atoms with Crippen molar-refractivity contribution in [1.29, 1.82) is 0 Å². The van der Waals surface area contributed by atoms with Crippen molar-refractivity contribution in [1.82, 2.24) is 0 Å². The molecule has 386 valence electrons. The maximum absolute atomic E-state index is 13.2. The van der Waals surface area contributed by atoms with Crippen LogP contribution in [0.2, 0.25) is 0 Å². The molecular weight excluding hydrogens is 809 g/mol. The van der Waals surface area contributed by atoms with Crippen molar-refractivity contribution in [3.63, 3.8) is 0 Å². The number of carbonyl (C=O) groups is 2. The van der Waals surface area contributed by atoms with Gasteiger partial charge in [0.05, 0.1) is 24.3 Å². The second kappa shape index (κ2) is 46.9. The second-order valence-corrected chi connectivity index (χ2v) is 21.2. The highest BCUT2D eigenvalue weighted by Crippen LogP contribution is 2.30. The van der Waals surface area contributed by atoms with Gasteiger partial charge in [0.2, 0.25) is 0 Å². The monoisotopic (exact) mass is 923 g/mol. The second-order valence-electron chi connectivity index (χ2n) is 21.2. The molecule has 0 aliphatic heterocycles. The smallest absolute Gasteiger partial charge is 0.339 e. The lowest BCUT2D eigenvalue weighted by Crippen LogP contribution is -2.15. The third kappa shape index (κ3) is 35.3. The van der Waals surface area contributed by atoms with E-state index in [4.69, 9.17) is 9.47 Å². The first kappa shape index (κ1) is 62.2. The summed E-state index contributed by atoms with van der Waals surface area (Å²) in [7, 11) is 0. The molecule has 0 bridgehead atoms. The fourth-order valence-corrected chi connectivity index (χ4v) is 10.5. The molecule has 1 rings (SSSR count). The Morgan fingerprint density at radius 3 is 0.848 bits per heavy atom. The standard InChI is InChI=1S/C62H114O4/c1-7-13-17-21-25-31-41-55(11-5)49-51-57(43-33-27-23-19-15-9-3)45-35-29-39-53-65-61(63)59-47-37-38-48-60(59)62(64)66-54-40-30-36-46-58(44-34-28-24-20-16-10-4)52-50-56(12-6)42-32-26-22-18-14-8-2/h37-38,47-48,55-58H,7-36,39-46,49-54H2,1-6H3. The summed E-state index contributed by atoms with van der Waals surface area (Å²) >= 11 is 0. The molecule has 4 atom stereocenters. The topological polar surface area (TPSA) is 52.6 Å². The first-order valence-electron chi connectivity index (χ1n) is 29.9. The van der Waals surface area contributed by atoms with E-state index in [1.165, 1.54) is 244 Å². The summed E-state index contributed by atoms with van der Waals surface area (Å²) in [6, 6.07) is 7.05. The normalized spacial score (nSPS) is 13.4. The van der Waals surface area contributed by atoms with Crippen molar-refractivity contribution in [2.75, 3.05) is 13.2 Å². The van der Waals surface area contributed by atoms with Crippen LogP contribution in [-0.4, -0.2) is 25.2 Å². The molecule has 0 fully saturated rings. The van der Waals surface area contributed by atoms with Crippen LogP contribution in [0, 0.1) is 23.7 Å². The zero-order valence-corrected chi connectivity index (χ0v) is 45.4. The molecule has 0 radical (unpaired) electrons. The number of carbonyl (C=O) groups excluding carboxylic acids is 2. The lowest BCUT2D eigenvalue weighted by molar-refractivity contribution is 0.0450. The van der Waals surface area contributed by atoms with E-state index in [1.54, 1.807) is 12.1 Å². The summed E-state index contributed by atoms with van der Waals surface area (Å²) in [4.78, 5) is 26.5. The van der Waals surface area contributed by atoms with Gasteiger partial charge in [-0.05, 0) is 48.6 Å². The lowest BCUT2D eigenvalue weighted by atomic mass is 9.85. The molecule has 0 saturated carbocycles. The van der Waals surface area contributed by atoms with Gasteiger partial charge in [-0.2, -0.15) is 0 Å². The Kier molecular flexibility index (Phi) is 44.2. The van der Waals surface area contributed by atoms with Gasteiger partial charge in [-0.3, -0.25) is 0 Å². The van der Waals surface area contributed by atoms with Crippen LogP contribution in [-0.2, 0) is 9.47 Å². The Morgan fingerprint density at radius 1 is 0.318 bits per heavy atom. The molecule has 0 aliphatic rings. The van der Waals surface area contributed by atoms with Crippen LogP contribution in [0.4, 0.5) is 0 Å². The number of unbranched alkanes of at least 4 members (excludes halogenated alkanes) is 24. The Hall–Kier alpha value is -1.84. The highest BCUT2D eigenvalue weighted by Gasteiger charge is 2.20. The quantitative estimate of drug-likeness (QED) is 0.0483. The summed E-state index contributed by atoms with van der Waals surface area (Å²) < 4.78 is 11.5. The number of ether oxygens (including phenoxy) is 2. The van der Waals surface area contributed by atoms with E-state index >= 15 is 0 Å². The molecule has 0 saturated heterocycles. The maximum atomic E-state index is 13.2. The number of rotatable bonds is 50. The average molecular weight is 924 g/mol. The molecule has 0 N–H and O–H groups in total. The van der Waals surface area contributed by atoms with Crippen LogP contribution in [0.25, 0.3) is 0 Å². The zero-order valence-electron chi connectivity index (χ0n) is 45.4. The van der Waals surface area contributed by atoms with E-state index in [2.05, 4.69) is 41.5 Å². The minimum atomic E-state index is -0.409. The minimum Gasteiger partial charge on any atom is -0.462 e. The molecule has 0 aromatic heterocycles. The van der Waals surface area contributed by atoms with Gasteiger partial charge in [-0.15, -0.1) is 0 Å². The molecule has 0 spiro atoms. The molecular formula is C62H114O4. The summed E-state index contributed by atoms with van der Waals surface area (Å²) in [5, 5.41) is 0. The zero-order chi connectivity index (χ0) is 48.0. The predicted molar refractivity (Wildman–Crippen MR) is 289 cm³/mol. The van der Waals surface area contributed by atoms with Gasteiger partial charge >= 0.3 is 11.9 Å². The fourth-order valence-electron chi connectivity index (χ4n) is 10.5. The number of esters is 2. The van der Waals surface area contributed by atoms with Crippen molar-refractivity contribution < 1.29 is 19.1 Å². The lowest BCUT2D eigenvalue weighted by Gasteiger charge is -2.21. The molecule has 66 heavy (non-hydrogen) atoms. The fraction of sp³-hybridized carbons (Fsp3) is 0.871. The van der Waals surface area contributed by atoms with Crippen molar-refractivity contribution in [2.24, 2.45) is 23.7 Å². The van der Waals surface area contributed by atoms with E-state index in [9.17, 15) is 9.59 Å². The molecule has 0 heterocycles. The number of hydrogen-bond donors (Lipinski definition) is 0. The van der Waals surface area contributed by atoms with Crippen molar-refractivity contribution in [2.45, 2.75) is 311 Å². The van der Waals surface area contributed by atoms with Crippen LogP contribution in [0.3, 0.4) is 0 Å². The SMILES string of the molecule is CCCCCCCCC(CC)CCC(CCCCCCCC)CCCCCOC(=O)c1ccccc1C(=O)OCCCCCC(CCCCCCCC)CCC(CC)CCCCCCCC. The summed E-state index contributed by atoms with van der Waals surface area (Å²) in [5.41, 5.74) is 0.653. The molecule has 0 amide bonds. The van der Waals surface area contributed by atoms with Gasteiger partial charge in [0.15, 0.2) is 0 Å². The Morgan fingerprint density at radius 2 is 0.561 bits per heavy atom.